The lowest BCUT2D eigenvalue weighted by atomic mass is 9.97. The van der Waals surface area contributed by atoms with E-state index in [2.05, 4.69) is 60.4 Å². The van der Waals surface area contributed by atoms with Crippen LogP contribution in [0.2, 0.25) is 0 Å². The van der Waals surface area contributed by atoms with E-state index >= 15 is 0 Å². The third-order valence-corrected chi connectivity index (χ3v) is 4.82. The van der Waals surface area contributed by atoms with Crippen LogP contribution in [-0.4, -0.2) is 24.5 Å². The van der Waals surface area contributed by atoms with Crippen LogP contribution in [0, 0.1) is 0 Å². The van der Waals surface area contributed by atoms with Crippen LogP contribution in [0.4, 0.5) is 0 Å². The van der Waals surface area contributed by atoms with Gasteiger partial charge in [0.05, 0.1) is 0 Å². The SMILES string of the molecule is C/C(CCN1CC=C(c2ccccc2)CC1)=C1/C=CC(N)=CC1. The highest BCUT2D eigenvalue weighted by Gasteiger charge is 2.13. The zero-order valence-electron chi connectivity index (χ0n) is 14.0. The first-order valence-corrected chi connectivity index (χ1v) is 8.51. The van der Waals surface area contributed by atoms with E-state index in [1.165, 1.54) is 22.3 Å². The molecule has 1 aromatic carbocycles. The zero-order valence-corrected chi connectivity index (χ0v) is 14.0. The molecule has 1 aliphatic carbocycles. The first-order valence-electron chi connectivity index (χ1n) is 8.51. The van der Waals surface area contributed by atoms with E-state index in [1.807, 2.05) is 6.08 Å². The maximum Gasteiger partial charge on any atom is 0.0276 e. The first kappa shape index (κ1) is 15.8. The number of allylic oxidation sites excluding steroid dienone is 4. The molecule has 0 bridgehead atoms. The van der Waals surface area contributed by atoms with Gasteiger partial charge >= 0.3 is 0 Å². The first-order chi connectivity index (χ1) is 11.2. The summed E-state index contributed by atoms with van der Waals surface area (Å²) in [6.07, 6.45) is 12.0. The molecule has 1 heterocycles. The molecule has 0 saturated carbocycles. The van der Waals surface area contributed by atoms with E-state index in [1.54, 1.807) is 0 Å². The Balaban J connectivity index is 1.52. The molecule has 1 aromatic rings. The van der Waals surface area contributed by atoms with Crippen molar-refractivity contribution in [3.05, 3.63) is 77.0 Å². The Bertz CT molecular complexity index is 662. The Morgan fingerprint density at radius 1 is 1.13 bits per heavy atom. The van der Waals surface area contributed by atoms with Gasteiger partial charge in [-0.15, -0.1) is 0 Å². The molecule has 0 amide bonds. The minimum absolute atomic E-state index is 0.885. The molecular formula is C21H26N2. The van der Waals surface area contributed by atoms with Gasteiger partial charge in [0.25, 0.3) is 0 Å². The molecule has 0 saturated heterocycles. The molecule has 0 unspecified atom stereocenters. The second kappa shape index (κ2) is 7.47. The summed E-state index contributed by atoms with van der Waals surface area (Å²) in [5.74, 6) is 0. The predicted octanol–water partition coefficient (Wildman–Crippen LogP) is 4.28. The smallest absolute Gasteiger partial charge is 0.0276 e. The van der Waals surface area contributed by atoms with E-state index in [4.69, 9.17) is 5.73 Å². The minimum atomic E-state index is 0.885. The van der Waals surface area contributed by atoms with E-state index in [0.717, 1.165) is 44.6 Å². The highest BCUT2D eigenvalue weighted by Crippen LogP contribution is 2.23. The monoisotopic (exact) mass is 306 g/mol. The maximum atomic E-state index is 5.79. The third kappa shape index (κ3) is 4.23. The number of nitrogens with two attached hydrogens (primary N) is 1. The van der Waals surface area contributed by atoms with Crippen molar-refractivity contribution in [3.8, 4) is 0 Å². The summed E-state index contributed by atoms with van der Waals surface area (Å²) >= 11 is 0. The van der Waals surface area contributed by atoms with Gasteiger partial charge in [-0.25, -0.2) is 0 Å². The van der Waals surface area contributed by atoms with Crippen molar-refractivity contribution in [1.82, 2.24) is 4.90 Å². The van der Waals surface area contributed by atoms with Gasteiger partial charge < -0.3 is 5.73 Å². The third-order valence-electron chi connectivity index (χ3n) is 4.82. The summed E-state index contributed by atoms with van der Waals surface area (Å²) in [5, 5.41) is 0. The lowest BCUT2D eigenvalue weighted by Gasteiger charge is -2.27. The van der Waals surface area contributed by atoms with E-state index in [0.29, 0.717) is 0 Å². The Hall–Kier alpha value is -2.06. The molecule has 0 radical (unpaired) electrons. The second-order valence-electron chi connectivity index (χ2n) is 6.44. The van der Waals surface area contributed by atoms with Gasteiger partial charge in [-0.1, -0.05) is 54.1 Å². The Morgan fingerprint density at radius 3 is 2.61 bits per heavy atom. The summed E-state index contributed by atoms with van der Waals surface area (Å²) in [4.78, 5) is 2.55. The number of rotatable bonds is 4. The Kier molecular flexibility index (Phi) is 5.14. The molecule has 0 spiro atoms. The Morgan fingerprint density at radius 2 is 1.96 bits per heavy atom. The van der Waals surface area contributed by atoms with Gasteiger partial charge in [-0.05, 0) is 49.0 Å². The van der Waals surface area contributed by atoms with Crippen LogP contribution in [0.3, 0.4) is 0 Å². The molecule has 2 N–H and O–H groups in total. The van der Waals surface area contributed by atoms with Crippen LogP contribution < -0.4 is 5.73 Å². The van der Waals surface area contributed by atoms with E-state index < -0.39 is 0 Å². The van der Waals surface area contributed by atoms with Crippen molar-refractivity contribution in [1.29, 1.82) is 0 Å². The molecule has 2 nitrogen and oxygen atoms in total. The molecule has 0 aromatic heterocycles. The average Bonchev–Trinajstić information content (AvgIpc) is 2.61. The summed E-state index contributed by atoms with van der Waals surface area (Å²) in [6.45, 7) is 5.62. The van der Waals surface area contributed by atoms with Gasteiger partial charge in [-0.2, -0.15) is 0 Å². The van der Waals surface area contributed by atoms with E-state index in [9.17, 15) is 0 Å². The van der Waals surface area contributed by atoms with Crippen molar-refractivity contribution in [2.75, 3.05) is 19.6 Å². The molecule has 120 valence electrons. The molecule has 1 aliphatic heterocycles. The fourth-order valence-electron chi connectivity index (χ4n) is 3.19. The molecule has 2 aliphatic rings. The highest BCUT2D eigenvalue weighted by molar-refractivity contribution is 5.66. The van der Waals surface area contributed by atoms with Gasteiger partial charge in [0.2, 0.25) is 0 Å². The van der Waals surface area contributed by atoms with Crippen LogP contribution in [-0.2, 0) is 0 Å². The molecule has 3 rings (SSSR count). The number of benzene rings is 1. The van der Waals surface area contributed by atoms with Gasteiger partial charge in [0.1, 0.15) is 0 Å². The molecular weight excluding hydrogens is 280 g/mol. The lowest BCUT2D eigenvalue weighted by molar-refractivity contribution is 0.305. The zero-order chi connectivity index (χ0) is 16.1. The molecule has 23 heavy (non-hydrogen) atoms. The molecule has 0 fully saturated rings. The van der Waals surface area contributed by atoms with Crippen molar-refractivity contribution >= 4 is 5.57 Å². The van der Waals surface area contributed by atoms with Crippen LogP contribution in [0.1, 0.15) is 31.7 Å². The molecule has 0 atom stereocenters. The second-order valence-corrected chi connectivity index (χ2v) is 6.44. The minimum Gasteiger partial charge on any atom is -0.399 e. The number of hydrogen-bond acceptors (Lipinski definition) is 2. The fraction of sp³-hybridized carbons (Fsp3) is 0.333. The lowest BCUT2D eigenvalue weighted by Crippen LogP contribution is -2.29. The van der Waals surface area contributed by atoms with Crippen molar-refractivity contribution in [3.63, 3.8) is 0 Å². The van der Waals surface area contributed by atoms with Gasteiger partial charge in [0, 0.05) is 25.3 Å². The summed E-state index contributed by atoms with van der Waals surface area (Å²) in [7, 11) is 0. The van der Waals surface area contributed by atoms with E-state index in [-0.39, 0.29) is 0 Å². The topological polar surface area (TPSA) is 29.3 Å². The Labute approximate surface area is 139 Å². The summed E-state index contributed by atoms with van der Waals surface area (Å²) in [6, 6.07) is 10.8. The quantitative estimate of drug-likeness (QED) is 0.899. The van der Waals surface area contributed by atoms with Gasteiger partial charge in [0.15, 0.2) is 0 Å². The van der Waals surface area contributed by atoms with Crippen LogP contribution >= 0.6 is 0 Å². The number of hydrogen-bond donors (Lipinski definition) is 1. The van der Waals surface area contributed by atoms with Crippen molar-refractivity contribution < 1.29 is 0 Å². The summed E-state index contributed by atoms with van der Waals surface area (Å²) in [5.41, 5.74) is 12.5. The maximum absolute atomic E-state index is 5.79. The van der Waals surface area contributed by atoms with Crippen molar-refractivity contribution in [2.45, 2.75) is 26.2 Å². The van der Waals surface area contributed by atoms with Crippen LogP contribution in [0.25, 0.3) is 5.57 Å². The fourth-order valence-corrected chi connectivity index (χ4v) is 3.19. The predicted molar refractivity (Wildman–Crippen MR) is 98.8 cm³/mol. The summed E-state index contributed by atoms with van der Waals surface area (Å²) < 4.78 is 0. The van der Waals surface area contributed by atoms with Gasteiger partial charge in [-0.3, -0.25) is 4.90 Å². The average molecular weight is 306 g/mol. The molecule has 2 heteroatoms. The van der Waals surface area contributed by atoms with Crippen LogP contribution in [0.15, 0.2) is 71.5 Å². The highest BCUT2D eigenvalue weighted by atomic mass is 15.1. The normalized spacial score (nSPS) is 20.9. The number of nitrogens with zero attached hydrogens (tertiary/aromatic N) is 1. The van der Waals surface area contributed by atoms with Crippen molar-refractivity contribution in [2.24, 2.45) is 5.73 Å². The standard InChI is InChI=1S/C21H26N2/c1-17(18-7-9-21(22)10-8-18)11-14-23-15-12-20(13-16-23)19-5-3-2-4-6-19/h2-7,9-10,12H,8,11,13-16,22H2,1H3/b18-17+. The largest absolute Gasteiger partial charge is 0.399 e. The van der Waals surface area contributed by atoms with Crippen LogP contribution in [0.5, 0.6) is 0 Å².